The van der Waals surface area contributed by atoms with Crippen LogP contribution in [0.15, 0.2) is 23.1 Å². The molecule has 0 bridgehead atoms. The minimum Gasteiger partial charge on any atom is -0.372 e. The third kappa shape index (κ3) is 2.92. The maximum Gasteiger partial charge on any atom is 0.253 e. The molecule has 0 radical (unpaired) electrons. The van der Waals surface area contributed by atoms with Crippen molar-refractivity contribution < 1.29 is 9.53 Å². The van der Waals surface area contributed by atoms with Crippen LogP contribution in [0.3, 0.4) is 0 Å². The van der Waals surface area contributed by atoms with Gasteiger partial charge in [-0.15, -0.1) is 0 Å². The number of aryl methyl sites for hydroxylation is 1. The number of anilines is 1. The number of nitrogens with zero attached hydrogens (tertiary/aromatic N) is 1. The van der Waals surface area contributed by atoms with Crippen molar-refractivity contribution >= 4 is 11.6 Å². The fourth-order valence-corrected chi connectivity index (χ4v) is 1.02. The highest BCUT2D eigenvalue weighted by Gasteiger charge is 2.11. The summed E-state index contributed by atoms with van der Waals surface area (Å²) >= 11 is 0. The SMILES string of the molecule is COC(C)C(=O)Nc1ccc(=O)n(C)c1. The zero-order valence-electron chi connectivity index (χ0n) is 8.98. The predicted molar refractivity (Wildman–Crippen MR) is 56.8 cm³/mol. The van der Waals surface area contributed by atoms with Gasteiger partial charge in [-0.3, -0.25) is 9.59 Å². The minimum atomic E-state index is -0.512. The van der Waals surface area contributed by atoms with Gasteiger partial charge in [0.15, 0.2) is 0 Å². The molecule has 0 fully saturated rings. The molecular formula is C10H14N2O3. The van der Waals surface area contributed by atoms with E-state index >= 15 is 0 Å². The summed E-state index contributed by atoms with van der Waals surface area (Å²) in [6.07, 6.45) is 1.05. The van der Waals surface area contributed by atoms with Gasteiger partial charge in [0.2, 0.25) is 5.56 Å². The van der Waals surface area contributed by atoms with E-state index in [9.17, 15) is 9.59 Å². The van der Waals surface area contributed by atoms with Gasteiger partial charge < -0.3 is 14.6 Å². The van der Waals surface area contributed by atoms with Crippen LogP contribution in [0.5, 0.6) is 0 Å². The predicted octanol–water partition coefficient (Wildman–Crippen LogP) is 0.359. The van der Waals surface area contributed by atoms with E-state index in [-0.39, 0.29) is 11.5 Å². The van der Waals surface area contributed by atoms with Gasteiger partial charge in [-0.05, 0) is 13.0 Å². The number of carbonyl (C=O) groups is 1. The second kappa shape index (κ2) is 4.75. The summed E-state index contributed by atoms with van der Waals surface area (Å²) in [5.74, 6) is -0.240. The van der Waals surface area contributed by atoms with Gasteiger partial charge in [0, 0.05) is 26.4 Å². The number of aromatic nitrogens is 1. The first-order valence-corrected chi connectivity index (χ1v) is 4.55. The Morgan fingerprint density at radius 1 is 1.53 bits per heavy atom. The summed E-state index contributed by atoms with van der Waals surface area (Å²) in [4.78, 5) is 22.5. The van der Waals surface area contributed by atoms with Crippen molar-refractivity contribution in [1.29, 1.82) is 0 Å². The van der Waals surface area contributed by atoms with E-state index in [1.807, 2.05) is 0 Å². The summed E-state index contributed by atoms with van der Waals surface area (Å²) in [6, 6.07) is 2.95. The number of carbonyl (C=O) groups excluding carboxylic acids is 1. The number of rotatable bonds is 3. The van der Waals surface area contributed by atoms with Crippen molar-refractivity contribution in [3.05, 3.63) is 28.7 Å². The Hall–Kier alpha value is -1.62. The van der Waals surface area contributed by atoms with Crippen molar-refractivity contribution in [2.75, 3.05) is 12.4 Å². The second-order valence-electron chi connectivity index (χ2n) is 3.23. The zero-order chi connectivity index (χ0) is 11.4. The largest absolute Gasteiger partial charge is 0.372 e. The molecule has 1 heterocycles. The number of hydrogen-bond donors (Lipinski definition) is 1. The van der Waals surface area contributed by atoms with Crippen LogP contribution in [0.1, 0.15) is 6.92 Å². The number of hydrogen-bond acceptors (Lipinski definition) is 3. The first kappa shape index (κ1) is 11.5. The molecule has 0 saturated carbocycles. The first-order chi connectivity index (χ1) is 7.04. The maximum absolute atomic E-state index is 11.4. The van der Waals surface area contributed by atoms with Crippen LogP contribution in [0.4, 0.5) is 5.69 Å². The van der Waals surface area contributed by atoms with E-state index in [0.717, 1.165) is 0 Å². The van der Waals surface area contributed by atoms with E-state index in [2.05, 4.69) is 5.32 Å². The zero-order valence-corrected chi connectivity index (χ0v) is 8.98. The molecule has 82 valence electrons. The van der Waals surface area contributed by atoms with Crippen molar-refractivity contribution in [1.82, 2.24) is 4.57 Å². The topological polar surface area (TPSA) is 60.3 Å². The lowest BCUT2D eigenvalue weighted by Gasteiger charge is -2.10. The van der Waals surface area contributed by atoms with Gasteiger partial charge in [0.05, 0.1) is 5.69 Å². The van der Waals surface area contributed by atoms with Crippen LogP contribution >= 0.6 is 0 Å². The average molecular weight is 210 g/mol. The number of amides is 1. The molecule has 1 N–H and O–H groups in total. The third-order valence-corrected chi connectivity index (χ3v) is 2.08. The number of pyridine rings is 1. The molecule has 0 aliphatic carbocycles. The van der Waals surface area contributed by atoms with Crippen molar-refractivity contribution in [2.45, 2.75) is 13.0 Å². The lowest BCUT2D eigenvalue weighted by molar-refractivity contribution is -0.124. The van der Waals surface area contributed by atoms with Crippen LogP contribution in [-0.2, 0) is 16.6 Å². The highest BCUT2D eigenvalue weighted by Crippen LogP contribution is 2.03. The Bertz CT molecular complexity index is 411. The standard InChI is InChI=1S/C10H14N2O3/c1-7(15-3)10(14)11-8-4-5-9(13)12(2)6-8/h4-7H,1-3H3,(H,11,14). The molecule has 1 aromatic heterocycles. The molecule has 1 atom stereocenters. The highest BCUT2D eigenvalue weighted by molar-refractivity contribution is 5.93. The fraction of sp³-hybridized carbons (Fsp3) is 0.400. The van der Waals surface area contributed by atoms with E-state index in [4.69, 9.17) is 4.74 Å². The van der Waals surface area contributed by atoms with E-state index in [0.29, 0.717) is 5.69 Å². The van der Waals surface area contributed by atoms with Crippen LogP contribution < -0.4 is 10.9 Å². The Balaban J connectivity index is 2.77. The van der Waals surface area contributed by atoms with Crippen LogP contribution in [0, 0.1) is 0 Å². The van der Waals surface area contributed by atoms with Crippen LogP contribution in [0.2, 0.25) is 0 Å². The Kier molecular flexibility index (Phi) is 3.62. The summed E-state index contributed by atoms with van der Waals surface area (Å²) in [5.41, 5.74) is 0.457. The summed E-state index contributed by atoms with van der Waals surface area (Å²) < 4.78 is 6.25. The Morgan fingerprint density at radius 3 is 2.73 bits per heavy atom. The number of ether oxygens (including phenoxy) is 1. The molecule has 5 nitrogen and oxygen atoms in total. The molecule has 0 aliphatic rings. The first-order valence-electron chi connectivity index (χ1n) is 4.55. The van der Waals surface area contributed by atoms with Gasteiger partial charge in [0.1, 0.15) is 6.10 Å². The fourth-order valence-electron chi connectivity index (χ4n) is 1.02. The van der Waals surface area contributed by atoms with Crippen molar-refractivity contribution in [3.63, 3.8) is 0 Å². The van der Waals surface area contributed by atoms with Crippen LogP contribution in [0.25, 0.3) is 0 Å². The monoisotopic (exact) mass is 210 g/mol. The van der Waals surface area contributed by atoms with E-state index in [1.54, 1.807) is 26.2 Å². The second-order valence-corrected chi connectivity index (χ2v) is 3.23. The molecule has 1 aromatic rings. The van der Waals surface area contributed by atoms with Crippen molar-refractivity contribution in [3.8, 4) is 0 Å². The quantitative estimate of drug-likeness (QED) is 0.783. The molecule has 0 aliphatic heterocycles. The van der Waals surface area contributed by atoms with Gasteiger partial charge in [-0.2, -0.15) is 0 Å². The van der Waals surface area contributed by atoms with Gasteiger partial charge in [-0.25, -0.2) is 0 Å². The molecule has 0 spiro atoms. The highest BCUT2D eigenvalue weighted by atomic mass is 16.5. The summed E-state index contributed by atoms with van der Waals surface area (Å²) in [7, 11) is 3.09. The molecule has 0 aromatic carbocycles. The Morgan fingerprint density at radius 2 is 2.20 bits per heavy atom. The number of nitrogens with one attached hydrogen (secondary N) is 1. The molecule has 1 unspecified atom stereocenters. The van der Waals surface area contributed by atoms with Crippen molar-refractivity contribution in [2.24, 2.45) is 7.05 Å². The lowest BCUT2D eigenvalue weighted by Crippen LogP contribution is -2.27. The van der Waals surface area contributed by atoms with Gasteiger partial charge in [0.25, 0.3) is 5.91 Å². The average Bonchev–Trinajstić information content (AvgIpc) is 2.22. The third-order valence-electron chi connectivity index (χ3n) is 2.08. The lowest BCUT2D eigenvalue weighted by atomic mass is 10.3. The molecule has 5 heteroatoms. The Labute approximate surface area is 87.7 Å². The van der Waals surface area contributed by atoms with E-state index in [1.165, 1.54) is 17.7 Å². The maximum atomic E-state index is 11.4. The minimum absolute atomic E-state index is 0.118. The van der Waals surface area contributed by atoms with E-state index < -0.39 is 6.10 Å². The molecule has 0 saturated heterocycles. The summed E-state index contributed by atoms with van der Waals surface area (Å²) in [5, 5.41) is 2.64. The molecule has 15 heavy (non-hydrogen) atoms. The molecule has 1 rings (SSSR count). The van der Waals surface area contributed by atoms with Gasteiger partial charge >= 0.3 is 0 Å². The number of methoxy groups -OCH3 is 1. The smallest absolute Gasteiger partial charge is 0.253 e. The summed E-state index contributed by atoms with van der Waals surface area (Å²) in [6.45, 7) is 1.65. The van der Waals surface area contributed by atoms with Crippen LogP contribution in [-0.4, -0.2) is 23.7 Å². The normalized spacial score (nSPS) is 12.2. The molecular weight excluding hydrogens is 196 g/mol. The van der Waals surface area contributed by atoms with Gasteiger partial charge in [-0.1, -0.05) is 0 Å². The molecule has 1 amide bonds.